The van der Waals surface area contributed by atoms with E-state index in [2.05, 4.69) is 5.10 Å². The molecular formula is C27H29N3O5. The van der Waals surface area contributed by atoms with Gasteiger partial charge in [0.05, 0.1) is 31.3 Å². The molecule has 2 heterocycles. The highest BCUT2D eigenvalue weighted by molar-refractivity contribution is 5.98. The van der Waals surface area contributed by atoms with Gasteiger partial charge in [0.15, 0.2) is 5.78 Å². The first kappa shape index (κ1) is 24.2. The standard InChI is InChI=1S/C27H29N3O5/c1-4-35-27(33)24-17-28-30(18(24)2)22-9-5-21(6-10-22)26(32)29-15-13-20(14-16-29)25(31)19-7-11-23(34-3)12-8-19/h5-12,17,20H,4,13-16H2,1-3H3. The van der Waals surface area contributed by atoms with E-state index in [1.165, 1.54) is 6.20 Å². The Morgan fingerprint density at radius 2 is 1.60 bits per heavy atom. The molecule has 1 aliphatic rings. The molecule has 1 fully saturated rings. The summed E-state index contributed by atoms with van der Waals surface area (Å²) in [5.74, 6) is 0.274. The number of aromatic nitrogens is 2. The lowest BCUT2D eigenvalue weighted by molar-refractivity contribution is 0.0525. The van der Waals surface area contributed by atoms with Crippen LogP contribution in [-0.4, -0.2) is 59.1 Å². The van der Waals surface area contributed by atoms with Crippen LogP contribution >= 0.6 is 0 Å². The maximum Gasteiger partial charge on any atom is 0.341 e. The lowest BCUT2D eigenvalue weighted by Crippen LogP contribution is -2.40. The van der Waals surface area contributed by atoms with Crippen molar-refractivity contribution in [1.82, 2.24) is 14.7 Å². The Morgan fingerprint density at radius 1 is 0.971 bits per heavy atom. The van der Waals surface area contributed by atoms with Gasteiger partial charge in [-0.25, -0.2) is 9.48 Å². The maximum atomic E-state index is 13.0. The van der Waals surface area contributed by atoms with Crippen LogP contribution in [0.25, 0.3) is 5.69 Å². The summed E-state index contributed by atoms with van der Waals surface area (Å²) in [7, 11) is 1.59. The molecule has 0 saturated carbocycles. The lowest BCUT2D eigenvalue weighted by atomic mass is 9.88. The van der Waals surface area contributed by atoms with Gasteiger partial charge in [0.2, 0.25) is 0 Å². The third-order valence-electron chi connectivity index (χ3n) is 6.39. The molecule has 0 radical (unpaired) electrons. The summed E-state index contributed by atoms with van der Waals surface area (Å²) in [5.41, 5.74) is 3.08. The number of carbonyl (C=O) groups is 3. The Kier molecular flexibility index (Phi) is 7.29. The number of hydrogen-bond acceptors (Lipinski definition) is 6. The maximum absolute atomic E-state index is 13.0. The van der Waals surface area contributed by atoms with Crippen LogP contribution in [0.3, 0.4) is 0 Å². The number of benzene rings is 2. The van der Waals surface area contributed by atoms with Crippen LogP contribution in [0.15, 0.2) is 54.7 Å². The Morgan fingerprint density at radius 3 is 2.20 bits per heavy atom. The zero-order valence-corrected chi connectivity index (χ0v) is 20.2. The van der Waals surface area contributed by atoms with Crippen molar-refractivity contribution in [3.8, 4) is 11.4 Å². The molecule has 8 heteroatoms. The molecule has 0 spiro atoms. The van der Waals surface area contributed by atoms with Crippen molar-refractivity contribution in [2.45, 2.75) is 26.7 Å². The molecule has 0 bridgehead atoms. The van der Waals surface area contributed by atoms with Gasteiger partial charge < -0.3 is 14.4 Å². The molecule has 0 atom stereocenters. The number of ether oxygens (including phenoxy) is 2. The number of piperidine rings is 1. The number of esters is 1. The first-order valence-electron chi connectivity index (χ1n) is 11.7. The van der Waals surface area contributed by atoms with Gasteiger partial charge in [-0.1, -0.05) is 0 Å². The summed E-state index contributed by atoms with van der Waals surface area (Å²) >= 11 is 0. The minimum absolute atomic E-state index is 0.0590. The van der Waals surface area contributed by atoms with Crippen LogP contribution in [0, 0.1) is 12.8 Å². The second-order valence-electron chi connectivity index (χ2n) is 8.48. The zero-order chi connectivity index (χ0) is 24.9. The Balaban J connectivity index is 1.37. The minimum Gasteiger partial charge on any atom is -0.497 e. The van der Waals surface area contributed by atoms with E-state index in [4.69, 9.17) is 9.47 Å². The molecule has 182 valence electrons. The van der Waals surface area contributed by atoms with E-state index in [-0.39, 0.29) is 17.6 Å². The van der Waals surface area contributed by atoms with Gasteiger partial charge in [-0.3, -0.25) is 9.59 Å². The first-order chi connectivity index (χ1) is 16.9. The summed E-state index contributed by atoms with van der Waals surface area (Å²) in [6, 6.07) is 14.3. The highest BCUT2D eigenvalue weighted by Gasteiger charge is 2.28. The molecule has 1 aliphatic heterocycles. The zero-order valence-electron chi connectivity index (χ0n) is 20.2. The number of likely N-dealkylation sites (tertiary alicyclic amines) is 1. The van der Waals surface area contributed by atoms with Crippen molar-refractivity contribution < 1.29 is 23.9 Å². The number of hydrogen-bond donors (Lipinski definition) is 0. The molecule has 8 nitrogen and oxygen atoms in total. The van der Waals surface area contributed by atoms with Crippen LogP contribution in [-0.2, 0) is 4.74 Å². The quantitative estimate of drug-likeness (QED) is 0.377. The van der Waals surface area contributed by atoms with E-state index >= 15 is 0 Å². The highest BCUT2D eigenvalue weighted by atomic mass is 16.5. The summed E-state index contributed by atoms with van der Waals surface area (Å²) in [4.78, 5) is 39.7. The van der Waals surface area contributed by atoms with Crippen LogP contribution in [0.5, 0.6) is 5.75 Å². The van der Waals surface area contributed by atoms with E-state index in [1.807, 2.05) is 12.1 Å². The number of ketones is 1. The SMILES string of the molecule is CCOC(=O)c1cnn(-c2ccc(C(=O)N3CCC(C(=O)c4ccc(OC)cc4)CC3)cc2)c1C. The summed E-state index contributed by atoms with van der Waals surface area (Å²) < 4.78 is 11.9. The Hall–Kier alpha value is -3.94. The predicted octanol–water partition coefficient (Wildman–Crippen LogP) is 4.10. The number of nitrogens with zero attached hydrogens (tertiary/aromatic N) is 3. The smallest absolute Gasteiger partial charge is 0.341 e. The molecule has 2 aromatic carbocycles. The van der Waals surface area contributed by atoms with Crippen molar-refractivity contribution in [2.75, 3.05) is 26.8 Å². The van der Waals surface area contributed by atoms with Gasteiger partial charge in [0.1, 0.15) is 11.3 Å². The predicted molar refractivity (Wildman–Crippen MR) is 130 cm³/mol. The van der Waals surface area contributed by atoms with Crippen LogP contribution in [0.2, 0.25) is 0 Å². The Labute approximate surface area is 204 Å². The fraction of sp³-hybridized carbons (Fsp3) is 0.333. The van der Waals surface area contributed by atoms with Gasteiger partial charge >= 0.3 is 5.97 Å². The molecule has 0 N–H and O–H groups in total. The van der Waals surface area contributed by atoms with Gasteiger partial charge in [-0.2, -0.15) is 5.10 Å². The van der Waals surface area contributed by atoms with E-state index in [0.29, 0.717) is 54.9 Å². The molecule has 0 aliphatic carbocycles. The molecule has 35 heavy (non-hydrogen) atoms. The van der Waals surface area contributed by atoms with Crippen molar-refractivity contribution >= 4 is 17.7 Å². The lowest BCUT2D eigenvalue weighted by Gasteiger charge is -2.31. The van der Waals surface area contributed by atoms with Crippen molar-refractivity contribution in [3.63, 3.8) is 0 Å². The van der Waals surface area contributed by atoms with Crippen LogP contribution < -0.4 is 4.74 Å². The fourth-order valence-corrected chi connectivity index (χ4v) is 4.34. The van der Waals surface area contributed by atoms with Crippen molar-refractivity contribution in [1.29, 1.82) is 0 Å². The summed E-state index contributed by atoms with van der Waals surface area (Å²) in [6.45, 7) is 4.93. The van der Waals surface area contributed by atoms with E-state index in [9.17, 15) is 14.4 Å². The van der Waals surface area contributed by atoms with Crippen molar-refractivity contribution in [2.24, 2.45) is 5.92 Å². The molecule has 4 rings (SSSR count). The molecule has 1 saturated heterocycles. The molecule has 3 aromatic rings. The van der Waals surface area contributed by atoms with E-state index in [0.717, 1.165) is 11.4 Å². The van der Waals surface area contributed by atoms with Gasteiger partial charge in [0.25, 0.3) is 5.91 Å². The minimum atomic E-state index is -0.406. The fourth-order valence-electron chi connectivity index (χ4n) is 4.34. The first-order valence-corrected chi connectivity index (χ1v) is 11.7. The number of rotatable bonds is 7. The van der Waals surface area contributed by atoms with E-state index in [1.54, 1.807) is 66.9 Å². The highest BCUT2D eigenvalue weighted by Crippen LogP contribution is 2.24. The van der Waals surface area contributed by atoms with Crippen LogP contribution in [0.4, 0.5) is 0 Å². The van der Waals surface area contributed by atoms with Gasteiger partial charge in [-0.05, 0) is 75.2 Å². The second-order valence-corrected chi connectivity index (χ2v) is 8.48. The number of carbonyl (C=O) groups excluding carboxylic acids is 3. The normalized spacial score (nSPS) is 14.0. The number of Topliss-reactive ketones (excluding diaryl/α,β-unsaturated/α-hetero) is 1. The average molecular weight is 476 g/mol. The second kappa shape index (κ2) is 10.5. The number of amides is 1. The molecular weight excluding hydrogens is 446 g/mol. The molecule has 1 aromatic heterocycles. The third-order valence-corrected chi connectivity index (χ3v) is 6.39. The van der Waals surface area contributed by atoms with Crippen molar-refractivity contribution in [3.05, 3.63) is 77.1 Å². The monoisotopic (exact) mass is 475 g/mol. The van der Waals surface area contributed by atoms with Gasteiger partial charge in [-0.15, -0.1) is 0 Å². The largest absolute Gasteiger partial charge is 0.497 e. The summed E-state index contributed by atoms with van der Waals surface area (Å²) in [6.07, 6.45) is 2.76. The van der Waals surface area contributed by atoms with Gasteiger partial charge in [0, 0.05) is 30.1 Å². The third kappa shape index (κ3) is 5.11. The summed E-state index contributed by atoms with van der Waals surface area (Å²) in [5, 5.41) is 4.29. The Bertz CT molecular complexity index is 1210. The topological polar surface area (TPSA) is 90.7 Å². The average Bonchev–Trinajstić information content (AvgIpc) is 3.29. The number of methoxy groups -OCH3 is 1. The van der Waals surface area contributed by atoms with E-state index < -0.39 is 5.97 Å². The van der Waals surface area contributed by atoms with Crippen LogP contribution in [0.1, 0.15) is 56.5 Å². The molecule has 1 amide bonds. The molecule has 0 unspecified atom stereocenters.